The summed E-state index contributed by atoms with van der Waals surface area (Å²) >= 11 is 0. The number of amides is 1. The Morgan fingerprint density at radius 3 is 2.38 bits per heavy atom. The lowest BCUT2D eigenvalue weighted by Crippen LogP contribution is -2.40. The first-order chi connectivity index (χ1) is 16.5. The molecule has 0 radical (unpaired) electrons. The van der Waals surface area contributed by atoms with Crippen LogP contribution < -0.4 is 19.7 Å². The van der Waals surface area contributed by atoms with Gasteiger partial charge in [-0.2, -0.15) is 0 Å². The third-order valence-electron chi connectivity index (χ3n) is 6.50. The second-order valence-electron chi connectivity index (χ2n) is 8.74. The fourth-order valence-electron chi connectivity index (χ4n) is 4.59. The van der Waals surface area contributed by atoms with Gasteiger partial charge >= 0.3 is 0 Å². The molecule has 1 aliphatic heterocycles. The first-order valence-electron chi connectivity index (χ1n) is 11.6. The van der Waals surface area contributed by atoms with Gasteiger partial charge in [-0.1, -0.05) is 42.5 Å². The molecule has 6 nitrogen and oxygen atoms in total. The number of hydrogen-bond acceptors (Lipinski definition) is 5. The molecule has 0 fully saturated rings. The van der Waals surface area contributed by atoms with Gasteiger partial charge in [0.05, 0.1) is 25.8 Å². The molecule has 1 heterocycles. The van der Waals surface area contributed by atoms with Crippen LogP contribution in [0.4, 0.5) is 5.69 Å². The molecule has 1 atom stereocenters. The lowest BCUT2D eigenvalue weighted by molar-refractivity contribution is 0.0924. The molecule has 1 amide bonds. The summed E-state index contributed by atoms with van der Waals surface area (Å²) in [5, 5.41) is 3.16. The van der Waals surface area contributed by atoms with Crippen molar-refractivity contribution in [3.63, 3.8) is 0 Å². The van der Waals surface area contributed by atoms with Crippen LogP contribution in [0.25, 0.3) is 0 Å². The lowest BCUT2D eigenvalue weighted by atomic mass is 9.96. The Bertz CT molecular complexity index is 1130. The zero-order valence-corrected chi connectivity index (χ0v) is 20.4. The predicted molar refractivity (Wildman–Crippen MR) is 136 cm³/mol. The summed E-state index contributed by atoms with van der Waals surface area (Å²) < 4.78 is 10.8. The van der Waals surface area contributed by atoms with Gasteiger partial charge in [-0.3, -0.25) is 9.69 Å². The SMILES string of the molecule is COc1cccc(C(=O)NCC(c2ccc(N(C)C)cc2)N2CCc3ccccc3C2)c1OC. The zero-order valence-electron chi connectivity index (χ0n) is 20.4. The van der Waals surface area contributed by atoms with E-state index in [2.05, 4.69) is 63.6 Å². The van der Waals surface area contributed by atoms with Gasteiger partial charge in [0.2, 0.25) is 0 Å². The molecule has 0 aromatic heterocycles. The average Bonchev–Trinajstić information content (AvgIpc) is 2.88. The Labute approximate surface area is 202 Å². The van der Waals surface area contributed by atoms with Crippen LogP contribution in [-0.2, 0) is 13.0 Å². The molecular formula is C28H33N3O3. The van der Waals surface area contributed by atoms with Crippen LogP contribution in [0.3, 0.4) is 0 Å². The van der Waals surface area contributed by atoms with E-state index in [1.807, 2.05) is 14.1 Å². The monoisotopic (exact) mass is 459 g/mol. The number of benzene rings is 3. The first-order valence-corrected chi connectivity index (χ1v) is 11.6. The molecule has 6 heteroatoms. The van der Waals surface area contributed by atoms with Crippen molar-refractivity contribution in [1.82, 2.24) is 10.2 Å². The molecule has 3 aromatic carbocycles. The normalized spacial score (nSPS) is 14.1. The highest BCUT2D eigenvalue weighted by atomic mass is 16.5. The number of ether oxygens (including phenoxy) is 2. The Morgan fingerprint density at radius 1 is 0.971 bits per heavy atom. The molecule has 1 aliphatic rings. The standard InChI is InChI=1S/C28H33N3O3/c1-30(2)23-14-12-21(13-15-23)25(31-17-16-20-8-5-6-9-22(20)19-31)18-29-28(32)24-10-7-11-26(33-3)27(24)34-4/h5-15,25H,16-19H2,1-4H3,(H,29,32). The summed E-state index contributed by atoms with van der Waals surface area (Å²) in [6.07, 6.45) is 1.00. The van der Waals surface area contributed by atoms with E-state index in [4.69, 9.17) is 9.47 Å². The number of nitrogens with one attached hydrogen (secondary N) is 1. The van der Waals surface area contributed by atoms with Crippen LogP contribution in [0.5, 0.6) is 11.5 Å². The largest absolute Gasteiger partial charge is 0.493 e. The van der Waals surface area contributed by atoms with E-state index >= 15 is 0 Å². The topological polar surface area (TPSA) is 54.0 Å². The van der Waals surface area contributed by atoms with Gasteiger partial charge < -0.3 is 19.7 Å². The van der Waals surface area contributed by atoms with Crippen molar-refractivity contribution >= 4 is 11.6 Å². The number of carbonyl (C=O) groups is 1. The van der Waals surface area contributed by atoms with Gasteiger partial charge in [-0.25, -0.2) is 0 Å². The molecule has 0 spiro atoms. The van der Waals surface area contributed by atoms with Crippen molar-refractivity contribution < 1.29 is 14.3 Å². The van der Waals surface area contributed by atoms with Crippen molar-refractivity contribution in [2.24, 2.45) is 0 Å². The van der Waals surface area contributed by atoms with Gasteiger partial charge in [0.15, 0.2) is 11.5 Å². The number of fused-ring (bicyclic) bond motifs is 1. The maximum absolute atomic E-state index is 13.2. The minimum absolute atomic E-state index is 0.0464. The number of nitrogens with zero attached hydrogens (tertiary/aromatic N) is 2. The zero-order chi connectivity index (χ0) is 24.1. The molecule has 0 aliphatic carbocycles. The fourth-order valence-corrected chi connectivity index (χ4v) is 4.59. The summed E-state index contributed by atoms with van der Waals surface area (Å²) in [7, 11) is 7.20. The van der Waals surface area contributed by atoms with E-state index in [1.165, 1.54) is 16.7 Å². The number of methoxy groups -OCH3 is 2. The number of para-hydroxylation sites is 1. The third-order valence-corrected chi connectivity index (χ3v) is 6.50. The Kier molecular flexibility index (Phi) is 7.38. The van der Waals surface area contributed by atoms with Crippen LogP contribution in [0.1, 0.15) is 33.1 Å². The fraction of sp³-hybridized carbons (Fsp3) is 0.321. The van der Waals surface area contributed by atoms with Crippen LogP contribution in [0, 0.1) is 0 Å². The molecule has 1 unspecified atom stereocenters. The lowest BCUT2D eigenvalue weighted by Gasteiger charge is -2.36. The van der Waals surface area contributed by atoms with Gasteiger partial charge in [0.1, 0.15) is 0 Å². The number of rotatable bonds is 8. The smallest absolute Gasteiger partial charge is 0.255 e. The van der Waals surface area contributed by atoms with Crippen molar-refractivity contribution in [3.05, 3.63) is 89.0 Å². The number of anilines is 1. The maximum Gasteiger partial charge on any atom is 0.255 e. The summed E-state index contributed by atoms with van der Waals surface area (Å²) in [6, 6.07) is 22.6. The molecule has 3 aromatic rings. The van der Waals surface area contributed by atoms with Gasteiger partial charge in [0.25, 0.3) is 5.91 Å². The van der Waals surface area contributed by atoms with Crippen LogP contribution in [0.15, 0.2) is 66.7 Å². The first kappa shape index (κ1) is 23.6. The van der Waals surface area contributed by atoms with Crippen molar-refractivity contribution in [1.29, 1.82) is 0 Å². The molecule has 178 valence electrons. The number of carbonyl (C=O) groups excluding carboxylic acids is 1. The molecule has 34 heavy (non-hydrogen) atoms. The van der Waals surface area contributed by atoms with E-state index in [0.717, 1.165) is 25.2 Å². The van der Waals surface area contributed by atoms with E-state index < -0.39 is 0 Å². The minimum atomic E-state index is -0.178. The van der Waals surface area contributed by atoms with Crippen molar-refractivity contribution in [3.8, 4) is 11.5 Å². The summed E-state index contributed by atoms with van der Waals surface area (Å²) in [5.74, 6) is 0.808. The summed E-state index contributed by atoms with van der Waals surface area (Å²) in [5.41, 5.74) is 5.56. The van der Waals surface area contributed by atoms with Gasteiger partial charge in [-0.05, 0) is 47.4 Å². The second kappa shape index (κ2) is 10.6. The summed E-state index contributed by atoms with van der Waals surface area (Å²) in [6.45, 7) is 2.28. The molecule has 1 N–H and O–H groups in total. The van der Waals surface area contributed by atoms with Crippen molar-refractivity contribution in [2.45, 2.75) is 19.0 Å². The van der Waals surface area contributed by atoms with E-state index in [0.29, 0.717) is 23.6 Å². The van der Waals surface area contributed by atoms with Crippen LogP contribution in [0.2, 0.25) is 0 Å². The van der Waals surface area contributed by atoms with Crippen LogP contribution in [-0.4, -0.2) is 52.2 Å². The van der Waals surface area contributed by atoms with E-state index in [9.17, 15) is 4.79 Å². The minimum Gasteiger partial charge on any atom is -0.493 e. The van der Waals surface area contributed by atoms with Gasteiger partial charge in [0, 0.05) is 39.4 Å². The Balaban J connectivity index is 1.58. The Morgan fingerprint density at radius 2 is 1.71 bits per heavy atom. The van der Waals surface area contributed by atoms with Gasteiger partial charge in [-0.15, -0.1) is 0 Å². The summed E-state index contributed by atoms with van der Waals surface area (Å²) in [4.78, 5) is 17.7. The highest BCUT2D eigenvalue weighted by Gasteiger charge is 2.26. The molecule has 4 rings (SSSR count). The second-order valence-corrected chi connectivity index (χ2v) is 8.74. The highest BCUT2D eigenvalue weighted by Crippen LogP contribution is 2.32. The Hall–Kier alpha value is -3.51. The van der Waals surface area contributed by atoms with Crippen LogP contribution >= 0.6 is 0 Å². The maximum atomic E-state index is 13.2. The van der Waals surface area contributed by atoms with Crippen molar-refractivity contribution in [2.75, 3.05) is 46.3 Å². The molecule has 0 saturated heterocycles. The molecule has 0 bridgehead atoms. The molecular weight excluding hydrogens is 426 g/mol. The highest BCUT2D eigenvalue weighted by molar-refractivity contribution is 5.97. The predicted octanol–water partition coefficient (Wildman–Crippen LogP) is 4.30. The number of hydrogen-bond donors (Lipinski definition) is 1. The average molecular weight is 460 g/mol. The quantitative estimate of drug-likeness (QED) is 0.544. The third kappa shape index (κ3) is 5.02. The van der Waals surface area contributed by atoms with E-state index in [-0.39, 0.29) is 11.9 Å². The molecule has 0 saturated carbocycles. The van der Waals surface area contributed by atoms with E-state index in [1.54, 1.807) is 32.4 Å².